The molecule has 0 unspecified atom stereocenters. The summed E-state index contributed by atoms with van der Waals surface area (Å²) in [7, 11) is 0. The normalized spacial score (nSPS) is 30.6. The highest BCUT2D eigenvalue weighted by Gasteiger charge is 2.43. The SMILES string of the molecule is CC(C)Cn1ccc(C2(N)CC(O)C2)n1. The van der Waals surface area contributed by atoms with E-state index in [1.807, 2.05) is 16.9 Å². The van der Waals surface area contributed by atoms with Crippen molar-refractivity contribution in [1.82, 2.24) is 9.78 Å². The summed E-state index contributed by atoms with van der Waals surface area (Å²) in [6.07, 6.45) is 2.98. The van der Waals surface area contributed by atoms with Gasteiger partial charge in [-0.3, -0.25) is 4.68 Å². The van der Waals surface area contributed by atoms with E-state index in [0.717, 1.165) is 12.2 Å². The first-order chi connectivity index (χ1) is 6.99. The minimum absolute atomic E-state index is 0.245. The molecule has 1 aliphatic rings. The maximum absolute atomic E-state index is 9.28. The van der Waals surface area contributed by atoms with E-state index in [1.165, 1.54) is 0 Å². The molecule has 84 valence electrons. The molecule has 0 atom stereocenters. The van der Waals surface area contributed by atoms with Crippen molar-refractivity contribution in [2.45, 2.75) is 44.9 Å². The fourth-order valence-electron chi connectivity index (χ4n) is 2.09. The Morgan fingerprint density at radius 2 is 2.33 bits per heavy atom. The van der Waals surface area contributed by atoms with E-state index in [9.17, 15) is 5.11 Å². The third-order valence-corrected chi connectivity index (χ3v) is 2.90. The Hall–Kier alpha value is -0.870. The maximum Gasteiger partial charge on any atom is 0.0825 e. The molecule has 1 saturated carbocycles. The zero-order chi connectivity index (χ0) is 11.1. The van der Waals surface area contributed by atoms with Gasteiger partial charge in [0.2, 0.25) is 0 Å². The molecule has 0 amide bonds. The lowest BCUT2D eigenvalue weighted by atomic mass is 9.73. The molecule has 2 rings (SSSR count). The number of nitrogens with zero attached hydrogens (tertiary/aromatic N) is 2. The topological polar surface area (TPSA) is 64.1 Å². The number of hydrogen-bond donors (Lipinski definition) is 2. The average Bonchev–Trinajstić information content (AvgIpc) is 2.49. The van der Waals surface area contributed by atoms with E-state index in [2.05, 4.69) is 18.9 Å². The van der Waals surface area contributed by atoms with Gasteiger partial charge in [0, 0.05) is 12.7 Å². The third-order valence-electron chi connectivity index (χ3n) is 2.90. The van der Waals surface area contributed by atoms with E-state index < -0.39 is 0 Å². The predicted octanol–water partition coefficient (Wildman–Crippen LogP) is 0.848. The van der Waals surface area contributed by atoms with Crippen LogP contribution in [0.5, 0.6) is 0 Å². The van der Waals surface area contributed by atoms with Crippen LogP contribution in [0.15, 0.2) is 12.3 Å². The molecule has 0 radical (unpaired) electrons. The summed E-state index contributed by atoms with van der Waals surface area (Å²) in [6.45, 7) is 5.23. The molecular formula is C11H19N3O. The van der Waals surface area contributed by atoms with Crippen LogP contribution in [0.4, 0.5) is 0 Å². The first-order valence-electron chi connectivity index (χ1n) is 5.50. The van der Waals surface area contributed by atoms with Crippen molar-refractivity contribution in [3.63, 3.8) is 0 Å². The number of nitrogens with two attached hydrogens (primary N) is 1. The summed E-state index contributed by atoms with van der Waals surface area (Å²) in [5.41, 5.74) is 6.65. The van der Waals surface area contributed by atoms with Gasteiger partial charge in [-0.2, -0.15) is 5.10 Å². The highest BCUT2D eigenvalue weighted by atomic mass is 16.3. The molecule has 0 bridgehead atoms. The molecule has 1 aliphatic carbocycles. The van der Waals surface area contributed by atoms with E-state index in [4.69, 9.17) is 5.73 Å². The summed E-state index contributed by atoms with van der Waals surface area (Å²) < 4.78 is 1.93. The van der Waals surface area contributed by atoms with Crippen molar-refractivity contribution in [3.05, 3.63) is 18.0 Å². The number of aliphatic hydroxyl groups is 1. The first-order valence-corrected chi connectivity index (χ1v) is 5.50. The molecule has 15 heavy (non-hydrogen) atoms. The van der Waals surface area contributed by atoms with Gasteiger partial charge in [-0.05, 0) is 24.8 Å². The van der Waals surface area contributed by atoms with Crippen LogP contribution in [0.3, 0.4) is 0 Å². The van der Waals surface area contributed by atoms with Crippen molar-refractivity contribution in [1.29, 1.82) is 0 Å². The monoisotopic (exact) mass is 209 g/mol. The molecule has 3 N–H and O–H groups in total. The van der Waals surface area contributed by atoms with Crippen molar-refractivity contribution in [2.75, 3.05) is 0 Å². The van der Waals surface area contributed by atoms with Gasteiger partial charge < -0.3 is 10.8 Å². The van der Waals surface area contributed by atoms with E-state index in [1.54, 1.807) is 0 Å². The van der Waals surface area contributed by atoms with Crippen LogP contribution in [0, 0.1) is 5.92 Å². The van der Waals surface area contributed by atoms with Gasteiger partial charge in [0.15, 0.2) is 0 Å². The first kappa shape index (κ1) is 10.6. The minimum atomic E-state index is -0.387. The Bertz CT molecular complexity index is 339. The van der Waals surface area contributed by atoms with Crippen LogP contribution in [0.1, 0.15) is 32.4 Å². The van der Waals surface area contributed by atoms with Gasteiger partial charge in [-0.25, -0.2) is 0 Å². The molecule has 0 saturated heterocycles. The van der Waals surface area contributed by atoms with Crippen LogP contribution in [0.2, 0.25) is 0 Å². The molecule has 1 aromatic heterocycles. The Labute approximate surface area is 90.1 Å². The number of aliphatic hydroxyl groups excluding tert-OH is 1. The zero-order valence-corrected chi connectivity index (χ0v) is 9.35. The Balaban J connectivity index is 2.07. The lowest BCUT2D eigenvalue weighted by Gasteiger charge is -2.40. The fraction of sp³-hybridized carbons (Fsp3) is 0.727. The number of aromatic nitrogens is 2. The minimum Gasteiger partial charge on any atom is -0.393 e. The summed E-state index contributed by atoms with van der Waals surface area (Å²) in [4.78, 5) is 0. The summed E-state index contributed by atoms with van der Waals surface area (Å²) >= 11 is 0. The number of rotatable bonds is 3. The highest BCUT2D eigenvalue weighted by Crippen LogP contribution is 2.37. The van der Waals surface area contributed by atoms with Crippen LogP contribution < -0.4 is 5.73 Å². The summed E-state index contributed by atoms with van der Waals surface area (Å²) in [5.74, 6) is 0.582. The van der Waals surface area contributed by atoms with Gasteiger partial charge in [-0.15, -0.1) is 0 Å². The van der Waals surface area contributed by atoms with Gasteiger partial charge in [0.25, 0.3) is 0 Å². The third kappa shape index (κ3) is 2.06. The van der Waals surface area contributed by atoms with Gasteiger partial charge in [0.05, 0.1) is 17.3 Å². The lowest BCUT2D eigenvalue weighted by Crippen LogP contribution is -2.52. The molecule has 4 heteroatoms. The highest BCUT2D eigenvalue weighted by molar-refractivity contribution is 5.18. The van der Waals surface area contributed by atoms with Gasteiger partial charge in [-0.1, -0.05) is 13.8 Å². The van der Waals surface area contributed by atoms with Crippen molar-refractivity contribution in [2.24, 2.45) is 11.7 Å². The Morgan fingerprint density at radius 1 is 1.67 bits per heavy atom. The molecule has 1 fully saturated rings. The maximum atomic E-state index is 9.28. The Kier molecular flexibility index (Phi) is 2.56. The lowest BCUT2D eigenvalue weighted by molar-refractivity contribution is 0.0185. The molecule has 4 nitrogen and oxygen atoms in total. The van der Waals surface area contributed by atoms with E-state index in [0.29, 0.717) is 18.8 Å². The second-order valence-electron chi connectivity index (χ2n) is 5.04. The second-order valence-corrected chi connectivity index (χ2v) is 5.04. The molecule has 0 aliphatic heterocycles. The molecular weight excluding hydrogens is 190 g/mol. The van der Waals surface area contributed by atoms with Crippen molar-refractivity contribution in [3.8, 4) is 0 Å². The number of hydrogen-bond acceptors (Lipinski definition) is 3. The Morgan fingerprint density at radius 3 is 2.87 bits per heavy atom. The molecule has 0 spiro atoms. The van der Waals surface area contributed by atoms with E-state index in [-0.39, 0.29) is 11.6 Å². The smallest absolute Gasteiger partial charge is 0.0825 e. The average molecular weight is 209 g/mol. The van der Waals surface area contributed by atoms with Gasteiger partial charge >= 0.3 is 0 Å². The fourth-order valence-corrected chi connectivity index (χ4v) is 2.09. The van der Waals surface area contributed by atoms with E-state index >= 15 is 0 Å². The van der Waals surface area contributed by atoms with Crippen molar-refractivity contribution < 1.29 is 5.11 Å². The second kappa shape index (κ2) is 3.61. The van der Waals surface area contributed by atoms with Gasteiger partial charge in [0.1, 0.15) is 0 Å². The largest absolute Gasteiger partial charge is 0.393 e. The quantitative estimate of drug-likeness (QED) is 0.775. The van der Waals surface area contributed by atoms with Crippen LogP contribution in [0.25, 0.3) is 0 Å². The predicted molar refractivity (Wildman–Crippen MR) is 58.2 cm³/mol. The molecule has 1 heterocycles. The van der Waals surface area contributed by atoms with Crippen LogP contribution in [-0.2, 0) is 12.1 Å². The summed E-state index contributed by atoms with van der Waals surface area (Å²) in [6, 6.07) is 1.97. The zero-order valence-electron chi connectivity index (χ0n) is 9.35. The molecule has 1 aromatic rings. The van der Waals surface area contributed by atoms with Crippen LogP contribution in [-0.4, -0.2) is 21.0 Å². The molecule has 0 aromatic carbocycles. The standard InChI is InChI=1S/C11H19N3O/c1-8(2)7-14-4-3-10(13-14)11(12)5-9(15)6-11/h3-4,8-9,15H,5-7,12H2,1-2H3. The van der Waals surface area contributed by atoms with Crippen LogP contribution >= 0.6 is 0 Å². The van der Waals surface area contributed by atoms with Crippen molar-refractivity contribution >= 4 is 0 Å². The summed E-state index contributed by atoms with van der Waals surface area (Å²) in [5, 5.41) is 13.7.